The first-order chi connectivity index (χ1) is 7.32. The minimum atomic E-state index is 0.585. The topological polar surface area (TPSA) is 9.23 Å². The van der Waals surface area contributed by atoms with Crippen molar-refractivity contribution < 1.29 is 4.74 Å². The monoisotopic (exact) mass is 272 g/mol. The van der Waals surface area contributed by atoms with Gasteiger partial charge in [-0.3, -0.25) is 0 Å². The Labute approximate surface area is 101 Å². The first kappa shape index (κ1) is 10.6. The largest absolute Gasteiger partial charge is 0.378 e. The van der Waals surface area contributed by atoms with Crippen LogP contribution in [0.1, 0.15) is 44.9 Å². The fraction of sp³-hybridized carbons (Fsp3) is 1.00. The molecule has 1 nitrogen and oxygen atoms in total. The molecule has 0 aromatic carbocycles. The highest BCUT2D eigenvalue weighted by Crippen LogP contribution is 2.59. The lowest BCUT2D eigenvalue weighted by Crippen LogP contribution is -2.33. The summed E-state index contributed by atoms with van der Waals surface area (Å²) in [6, 6.07) is 0. The van der Waals surface area contributed by atoms with Gasteiger partial charge in [0, 0.05) is 11.9 Å². The van der Waals surface area contributed by atoms with Crippen LogP contribution in [0, 0.1) is 17.3 Å². The van der Waals surface area contributed by atoms with Crippen molar-refractivity contribution in [3.8, 4) is 0 Å². The number of hydrogen-bond donors (Lipinski definition) is 0. The highest BCUT2D eigenvalue weighted by molar-refractivity contribution is 9.09. The maximum atomic E-state index is 5.83. The van der Waals surface area contributed by atoms with Gasteiger partial charge in [-0.05, 0) is 55.8 Å². The highest BCUT2D eigenvalue weighted by atomic mass is 79.9. The summed E-state index contributed by atoms with van der Waals surface area (Å²) >= 11 is 3.79. The Morgan fingerprint density at radius 2 is 2.20 bits per heavy atom. The van der Waals surface area contributed by atoms with Gasteiger partial charge in [0.2, 0.25) is 0 Å². The van der Waals surface area contributed by atoms with Crippen LogP contribution in [-0.2, 0) is 4.74 Å². The molecule has 3 fully saturated rings. The number of hydrogen-bond acceptors (Lipinski definition) is 1. The van der Waals surface area contributed by atoms with E-state index in [1.165, 1.54) is 50.3 Å². The average Bonchev–Trinajstić information content (AvgIpc) is 2.93. The molecule has 0 spiro atoms. The standard InChI is InChI=1S/C13H21BrO/c14-9-13(8-12-2-1-5-15-12)7-10-3-4-11(13)6-10/h10-12H,1-9H2. The smallest absolute Gasteiger partial charge is 0.0581 e. The molecule has 4 atom stereocenters. The second kappa shape index (κ2) is 4.03. The third kappa shape index (κ3) is 1.78. The Morgan fingerprint density at radius 1 is 1.27 bits per heavy atom. The Morgan fingerprint density at radius 3 is 2.73 bits per heavy atom. The zero-order valence-corrected chi connectivity index (χ0v) is 11.0. The third-order valence-electron chi connectivity index (χ3n) is 5.03. The molecule has 2 saturated carbocycles. The molecule has 0 amide bonds. The summed E-state index contributed by atoms with van der Waals surface area (Å²) in [5.41, 5.74) is 0.609. The molecule has 2 aliphatic carbocycles. The van der Waals surface area contributed by atoms with E-state index in [4.69, 9.17) is 4.74 Å². The van der Waals surface area contributed by atoms with Gasteiger partial charge in [0.05, 0.1) is 6.10 Å². The van der Waals surface area contributed by atoms with Crippen LogP contribution in [-0.4, -0.2) is 18.0 Å². The van der Waals surface area contributed by atoms with Crippen LogP contribution in [0.5, 0.6) is 0 Å². The van der Waals surface area contributed by atoms with Gasteiger partial charge < -0.3 is 4.74 Å². The van der Waals surface area contributed by atoms with Gasteiger partial charge in [-0.2, -0.15) is 0 Å². The summed E-state index contributed by atoms with van der Waals surface area (Å²) in [5.74, 6) is 2.06. The van der Waals surface area contributed by atoms with Gasteiger partial charge in [0.25, 0.3) is 0 Å². The van der Waals surface area contributed by atoms with E-state index in [0.29, 0.717) is 11.5 Å². The van der Waals surface area contributed by atoms with Crippen LogP contribution >= 0.6 is 15.9 Å². The molecule has 1 aliphatic heterocycles. The Bertz CT molecular complexity index is 237. The maximum absolute atomic E-state index is 5.83. The predicted octanol–water partition coefficient (Wildman–Crippen LogP) is 3.76. The van der Waals surface area contributed by atoms with Crippen molar-refractivity contribution in [2.24, 2.45) is 17.3 Å². The van der Waals surface area contributed by atoms with Crippen LogP contribution in [0.25, 0.3) is 0 Å². The molecule has 4 unspecified atom stereocenters. The van der Waals surface area contributed by atoms with E-state index >= 15 is 0 Å². The summed E-state index contributed by atoms with van der Waals surface area (Å²) in [4.78, 5) is 0. The molecule has 2 heteroatoms. The Kier molecular flexibility index (Phi) is 2.84. The van der Waals surface area contributed by atoms with E-state index in [1.54, 1.807) is 0 Å². The van der Waals surface area contributed by atoms with Gasteiger partial charge in [0.15, 0.2) is 0 Å². The number of rotatable bonds is 3. The molecular weight excluding hydrogens is 252 g/mol. The third-order valence-corrected chi connectivity index (χ3v) is 6.14. The molecule has 0 radical (unpaired) electrons. The van der Waals surface area contributed by atoms with Gasteiger partial charge in [-0.15, -0.1) is 0 Å². The zero-order valence-electron chi connectivity index (χ0n) is 9.38. The molecule has 3 aliphatic rings. The summed E-state index contributed by atoms with van der Waals surface area (Å²) in [6.07, 6.45) is 10.5. The quantitative estimate of drug-likeness (QED) is 0.711. The van der Waals surface area contributed by atoms with E-state index in [2.05, 4.69) is 15.9 Å². The second-order valence-corrected chi connectivity index (χ2v) is 6.48. The lowest BCUT2D eigenvalue weighted by Gasteiger charge is -2.38. The van der Waals surface area contributed by atoms with E-state index in [9.17, 15) is 0 Å². The second-order valence-electron chi connectivity index (χ2n) is 5.92. The molecular formula is C13H21BrO. The molecule has 2 bridgehead atoms. The minimum absolute atomic E-state index is 0.585. The predicted molar refractivity (Wildman–Crippen MR) is 65.3 cm³/mol. The molecule has 0 aromatic heterocycles. The van der Waals surface area contributed by atoms with Crippen LogP contribution in [0.2, 0.25) is 0 Å². The fourth-order valence-electron chi connectivity index (χ4n) is 4.29. The van der Waals surface area contributed by atoms with Gasteiger partial charge in [-0.25, -0.2) is 0 Å². The lowest BCUT2D eigenvalue weighted by atomic mass is 9.71. The summed E-state index contributed by atoms with van der Waals surface area (Å²) in [6.45, 7) is 1.01. The van der Waals surface area contributed by atoms with Crippen molar-refractivity contribution in [3.63, 3.8) is 0 Å². The maximum Gasteiger partial charge on any atom is 0.0581 e. The fourth-order valence-corrected chi connectivity index (χ4v) is 5.20. The molecule has 1 heterocycles. The highest BCUT2D eigenvalue weighted by Gasteiger charge is 2.51. The van der Waals surface area contributed by atoms with Crippen LogP contribution in [0.4, 0.5) is 0 Å². The van der Waals surface area contributed by atoms with Crippen molar-refractivity contribution in [2.75, 3.05) is 11.9 Å². The number of alkyl halides is 1. The van der Waals surface area contributed by atoms with E-state index < -0.39 is 0 Å². The number of halogens is 1. The molecule has 0 N–H and O–H groups in total. The van der Waals surface area contributed by atoms with E-state index in [-0.39, 0.29) is 0 Å². The molecule has 1 saturated heterocycles. The Hall–Kier alpha value is 0.440. The van der Waals surface area contributed by atoms with Crippen LogP contribution < -0.4 is 0 Å². The SMILES string of the molecule is BrCC1(CC2CCCO2)CC2CCC1C2. The van der Waals surface area contributed by atoms with Crippen molar-refractivity contribution in [1.29, 1.82) is 0 Å². The minimum Gasteiger partial charge on any atom is -0.378 e. The van der Waals surface area contributed by atoms with Gasteiger partial charge in [0.1, 0.15) is 0 Å². The van der Waals surface area contributed by atoms with Crippen LogP contribution in [0.15, 0.2) is 0 Å². The molecule has 86 valence electrons. The van der Waals surface area contributed by atoms with E-state index in [0.717, 1.165) is 18.4 Å². The first-order valence-corrected chi connectivity index (χ1v) is 7.62. The lowest BCUT2D eigenvalue weighted by molar-refractivity contribution is 0.0464. The zero-order chi connectivity index (χ0) is 10.3. The average molecular weight is 273 g/mol. The molecule has 15 heavy (non-hydrogen) atoms. The Balaban J connectivity index is 1.69. The normalized spacial score (nSPS) is 49.0. The molecule has 0 aromatic rings. The van der Waals surface area contributed by atoms with Crippen LogP contribution in [0.3, 0.4) is 0 Å². The van der Waals surface area contributed by atoms with Crippen molar-refractivity contribution in [3.05, 3.63) is 0 Å². The van der Waals surface area contributed by atoms with Crippen molar-refractivity contribution >= 4 is 15.9 Å². The summed E-state index contributed by atoms with van der Waals surface area (Å²) in [7, 11) is 0. The van der Waals surface area contributed by atoms with Crippen molar-refractivity contribution in [1.82, 2.24) is 0 Å². The van der Waals surface area contributed by atoms with E-state index in [1.807, 2.05) is 0 Å². The molecule has 3 rings (SSSR count). The van der Waals surface area contributed by atoms with Gasteiger partial charge in [-0.1, -0.05) is 22.4 Å². The number of fused-ring (bicyclic) bond motifs is 2. The number of ether oxygens (including phenoxy) is 1. The van der Waals surface area contributed by atoms with Gasteiger partial charge >= 0.3 is 0 Å². The first-order valence-electron chi connectivity index (χ1n) is 6.50. The summed E-state index contributed by atoms with van der Waals surface area (Å²) in [5, 5.41) is 1.21. The van der Waals surface area contributed by atoms with Crippen molar-refractivity contribution in [2.45, 2.75) is 51.0 Å². The summed E-state index contributed by atoms with van der Waals surface area (Å²) < 4.78 is 5.83.